The van der Waals surface area contributed by atoms with Gasteiger partial charge in [-0.2, -0.15) is 0 Å². The van der Waals surface area contributed by atoms with Gasteiger partial charge in [-0.25, -0.2) is 0 Å². The van der Waals surface area contributed by atoms with Crippen molar-refractivity contribution in [2.45, 2.75) is 0 Å². The molecule has 1 aromatic rings. The minimum Gasteiger partial charge on any atom is -0.265 e. The van der Waals surface area contributed by atoms with Gasteiger partial charge >= 0.3 is 0 Å². The van der Waals surface area contributed by atoms with Gasteiger partial charge in [0.25, 0.3) is 5.91 Å². The summed E-state index contributed by atoms with van der Waals surface area (Å²) in [6, 6.07) is 0. The third kappa shape index (κ3) is 0.533. The fourth-order valence-electron chi connectivity index (χ4n) is 0.681. The van der Waals surface area contributed by atoms with E-state index in [-0.39, 0.29) is 5.91 Å². The Hall–Kier alpha value is -1.03. The van der Waals surface area contributed by atoms with Crippen LogP contribution >= 0.6 is 11.3 Å². The Morgan fingerprint density at radius 3 is 3.00 bits per heavy atom. The van der Waals surface area contributed by atoms with Crippen LogP contribution in [0, 0.1) is 0 Å². The van der Waals surface area contributed by atoms with Gasteiger partial charge in [0.05, 0.1) is 5.56 Å². The molecule has 2 rings (SSSR count). The van der Waals surface area contributed by atoms with E-state index in [2.05, 4.69) is 10.2 Å². The monoisotopic (exact) mass is 138 g/mol. The van der Waals surface area contributed by atoms with Gasteiger partial charge in [-0.3, -0.25) is 4.79 Å². The van der Waals surface area contributed by atoms with E-state index in [9.17, 15) is 4.79 Å². The summed E-state index contributed by atoms with van der Waals surface area (Å²) in [5.41, 5.74) is 1.35. The molecule has 0 aromatic carbocycles. The average molecular weight is 138 g/mol. The molecule has 0 spiro atoms. The molecule has 0 atom stereocenters. The van der Waals surface area contributed by atoms with Crippen molar-refractivity contribution in [3.63, 3.8) is 0 Å². The molecule has 9 heavy (non-hydrogen) atoms. The molecule has 1 aromatic heterocycles. The van der Waals surface area contributed by atoms with Crippen molar-refractivity contribution in [3.05, 3.63) is 16.3 Å². The lowest BCUT2D eigenvalue weighted by atomic mass is 10.3. The summed E-state index contributed by atoms with van der Waals surface area (Å²) in [5, 5.41) is 10.6. The number of amides is 1. The number of hydrogen-bond acceptors (Lipinski definition) is 3. The first-order valence-corrected chi connectivity index (χ1v) is 3.34. The molecule has 0 saturated heterocycles. The van der Waals surface area contributed by atoms with Crippen LogP contribution in [0.5, 0.6) is 0 Å². The molecule has 0 fully saturated rings. The molecule has 0 saturated carbocycles. The molecule has 1 aliphatic rings. The van der Waals surface area contributed by atoms with Gasteiger partial charge in [0.1, 0.15) is 5.69 Å². The molecular weight excluding hydrogens is 136 g/mol. The Balaban J connectivity index is 2.73. The van der Waals surface area contributed by atoms with Crippen molar-refractivity contribution >= 4 is 22.9 Å². The molecular formula is C5H2N2OS. The van der Waals surface area contributed by atoms with E-state index in [0.29, 0.717) is 11.3 Å². The summed E-state index contributed by atoms with van der Waals surface area (Å²) in [6.45, 7) is 0. The maximum Gasteiger partial charge on any atom is 0.298 e. The van der Waals surface area contributed by atoms with Gasteiger partial charge in [0.2, 0.25) is 0 Å². The molecule has 44 valence electrons. The largest absolute Gasteiger partial charge is 0.298 e. The number of nitrogens with zero attached hydrogens (tertiary/aromatic N) is 2. The molecule has 0 radical (unpaired) electrons. The van der Waals surface area contributed by atoms with Crippen LogP contribution in [0.2, 0.25) is 0 Å². The number of carbonyl (C=O) groups is 1. The summed E-state index contributed by atoms with van der Waals surface area (Å²) in [4.78, 5) is 10.7. The van der Waals surface area contributed by atoms with Gasteiger partial charge in [-0.15, -0.1) is 21.6 Å². The molecule has 1 aliphatic heterocycles. The summed E-state index contributed by atoms with van der Waals surface area (Å²) in [7, 11) is 0. The predicted octanol–water partition coefficient (Wildman–Crippen LogP) is 1.99. The van der Waals surface area contributed by atoms with Crippen molar-refractivity contribution in [2.24, 2.45) is 10.2 Å². The number of carbonyl (C=O) groups excluding carboxylic acids is 1. The van der Waals surface area contributed by atoms with Crippen LogP contribution < -0.4 is 0 Å². The lowest BCUT2D eigenvalue weighted by Crippen LogP contribution is -1.83. The van der Waals surface area contributed by atoms with E-state index in [0.717, 1.165) is 0 Å². The van der Waals surface area contributed by atoms with E-state index >= 15 is 0 Å². The van der Waals surface area contributed by atoms with Gasteiger partial charge in [0.15, 0.2) is 0 Å². The third-order valence-corrected chi connectivity index (χ3v) is 1.85. The van der Waals surface area contributed by atoms with E-state index in [1.54, 1.807) is 5.38 Å². The SMILES string of the molecule is O=C1N=Nc2cscc21. The highest BCUT2D eigenvalue weighted by molar-refractivity contribution is 7.08. The maximum absolute atomic E-state index is 10.7. The van der Waals surface area contributed by atoms with Crippen LogP contribution in [0.15, 0.2) is 21.0 Å². The highest BCUT2D eigenvalue weighted by Crippen LogP contribution is 2.29. The topological polar surface area (TPSA) is 41.8 Å². The number of thiophene rings is 1. The predicted molar refractivity (Wildman–Crippen MR) is 33.2 cm³/mol. The second kappa shape index (κ2) is 1.48. The van der Waals surface area contributed by atoms with Crippen LogP contribution in [0.4, 0.5) is 5.69 Å². The van der Waals surface area contributed by atoms with Crippen LogP contribution in [-0.4, -0.2) is 5.91 Å². The lowest BCUT2D eigenvalue weighted by Gasteiger charge is -1.74. The van der Waals surface area contributed by atoms with Crippen molar-refractivity contribution in [3.8, 4) is 0 Å². The Bertz CT molecular complexity index is 289. The van der Waals surface area contributed by atoms with Gasteiger partial charge in [-0.1, -0.05) is 0 Å². The minimum absolute atomic E-state index is 0.216. The molecule has 0 unspecified atom stereocenters. The Kier molecular flexibility index (Phi) is 0.790. The normalized spacial score (nSPS) is 14.4. The first-order valence-electron chi connectivity index (χ1n) is 2.40. The summed E-state index contributed by atoms with van der Waals surface area (Å²) in [6.07, 6.45) is 0. The van der Waals surface area contributed by atoms with Crippen LogP contribution in [0.1, 0.15) is 10.4 Å². The summed E-state index contributed by atoms with van der Waals surface area (Å²) >= 11 is 1.47. The molecule has 1 amide bonds. The maximum atomic E-state index is 10.7. The molecule has 2 heterocycles. The molecule has 0 bridgehead atoms. The molecule has 3 nitrogen and oxygen atoms in total. The highest BCUT2D eigenvalue weighted by atomic mass is 32.1. The zero-order valence-electron chi connectivity index (χ0n) is 4.37. The number of fused-ring (bicyclic) bond motifs is 1. The fraction of sp³-hybridized carbons (Fsp3) is 0. The first-order chi connectivity index (χ1) is 4.38. The summed E-state index contributed by atoms with van der Waals surface area (Å²) in [5.74, 6) is -0.216. The highest BCUT2D eigenvalue weighted by Gasteiger charge is 2.16. The molecule has 0 N–H and O–H groups in total. The summed E-state index contributed by atoms with van der Waals surface area (Å²) < 4.78 is 0. The first kappa shape index (κ1) is 4.81. The van der Waals surface area contributed by atoms with E-state index in [1.165, 1.54) is 11.3 Å². The standard InChI is InChI=1S/C5H2N2OS/c8-5-3-1-9-2-4(3)6-7-5/h1-2H. The Labute approximate surface area is 55.0 Å². The molecule has 4 heteroatoms. The molecule has 0 aliphatic carbocycles. The zero-order valence-corrected chi connectivity index (χ0v) is 5.18. The quantitative estimate of drug-likeness (QED) is 0.540. The number of hydrogen-bond donors (Lipinski definition) is 0. The lowest BCUT2D eigenvalue weighted by molar-refractivity contribution is 0.100. The third-order valence-electron chi connectivity index (χ3n) is 1.12. The second-order valence-electron chi connectivity index (χ2n) is 1.68. The number of azo groups is 1. The van der Waals surface area contributed by atoms with Gasteiger partial charge in [-0.05, 0) is 0 Å². The second-order valence-corrected chi connectivity index (χ2v) is 2.42. The zero-order chi connectivity index (χ0) is 6.27. The van der Waals surface area contributed by atoms with E-state index < -0.39 is 0 Å². The van der Waals surface area contributed by atoms with Crippen LogP contribution in [0.25, 0.3) is 0 Å². The minimum atomic E-state index is -0.216. The van der Waals surface area contributed by atoms with Crippen molar-refractivity contribution < 1.29 is 4.79 Å². The van der Waals surface area contributed by atoms with Crippen LogP contribution in [-0.2, 0) is 0 Å². The van der Waals surface area contributed by atoms with E-state index in [4.69, 9.17) is 0 Å². The Morgan fingerprint density at radius 2 is 2.22 bits per heavy atom. The van der Waals surface area contributed by atoms with Crippen LogP contribution in [0.3, 0.4) is 0 Å². The van der Waals surface area contributed by atoms with Crippen molar-refractivity contribution in [2.75, 3.05) is 0 Å². The fourth-order valence-corrected chi connectivity index (χ4v) is 1.41. The Morgan fingerprint density at radius 1 is 1.33 bits per heavy atom. The average Bonchev–Trinajstić information content (AvgIpc) is 2.35. The van der Waals surface area contributed by atoms with E-state index in [1.807, 2.05) is 5.38 Å². The van der Waals surface area contributed by atoms with Gasteiger partial charge < -0.3 is 0 Å². The van der Waals surface area contributed by atoms with Crippen molar-refractivity contribution in [1.82, 2.24) is 0 Å². The van der Waals surface area contributed by atoms with Crippen molar-refractivity contribution in [1.29, 1.82) is 0 Å². The number of rotatable bonds is 0. The smallest absolute Gasteiger partial charge is 0.265 e. The van der Waals surface area contributed by atoms with Gasteiger partial charge in [0, 0.05) is 10.8 Å².